The van der Waals surface area contributed by atoms with Crippen molar-refractivity contribution in [2.75, 3.05) is 7.05 Å². The predicted molar refractivity (Wildman–Crippen MR) is 85.7 cm³/mol. The minimum absolute atomic E-state index is 0.0325. The highest BCUT2D eigenvalue weighted by Gasteiger charge is 2.21. The lowest BCUT2D eigenvalue weighted by Crippen LogP contribution is -2.29. The number of carbonyl (C=O) groups excluding carboxylic acids is 1. The molecule has 2 aromatic rings. The number of benzene rings is 1. The number of nitrogens with zero attached hydrogens (tertiary/aromatic N) is 1. The lowest BCUT2D eigenvalue weighted by molar-refractivity contribution is 0.0742. The molecule has 1 unspecified atom stereocenters. The molecule has 5 heteroatoms. The maximum atomic E-state index is 12.3. The molecule has 3 nitrogen and oxygen atoms in total. The van der Waals surface area contributed by atoms with E-state index in [2.05, 4.69) is 22.6 Å². The van der Waals surface area contributed by atoms with Crippen LogP contribution in [0.1, 0.15) is 28.9 Å². The Morgan fingerprint density at radius 1 is 1.42 bits per heavy atom. The third kappa shape index (κ3) is 3.09. The van der Waals surface area contributed by atoms with E-state index in [0.29, 0.717) is 5.56 Å². The molecule has 0 fully saturated rings. The SMILES string of the molecule is CC(c1ccccc1O)N(C)C(=O)c1csc(I)c1. The number of carbonyl (C=O) groups is 1. The van der Waals surface area contributed by atoms with Gasteiger partial charge in [-0.25, -0.2) is 0 Å². The minimum Gasteiger partial charge on any atom is -0.508 e. The van der Waals surface area contributed by atoms with Crippen molar-refractivity contribution in [3.05, 3.63) is 49.7 Å². The summed E-state index contributed by atoms with van der Waals surface area (Å²) in [7, 11) is 1.75. The Bertz CT molecular complexity index is 597. The molecule has 1 aromatic heterocycles. The summed E-state index contributed by atoms with van der Waals surface area (Å²) in [5.74, 6) is 0.185. The van der Waals surface area contributed by atoms with Crippen LogP contribution in [0.2, 0.25) is 0 Å². The first kappa shape index (κ1) is 14.3. The van der Waals surface area contributed by atoms with E-state index < -0.39 is 0 Å². The van der Waals surface area contributed by atoms with Crippen LogP contribution in [0.25, 0.3) is 0 Å². The van der Waals surface area contributed by atoms with Crippen molar-refractivity contribution in [3.8, 4) is 5.75 Å². The molecule has 0 aliphatic carbocycles. The first-order chi connectivity index (χ1) is 9.00. The summed E-state index contributed by atoms with van der Waals surface area (Å²) in [6.07, 6.45) is 0. The molecule has 1 amide bonds. The first-order valence-electron chi connectivity index (χ1n) is 5.79. The number of rotatable bonds is 3. The largest absolute Gasteiger partial charge is 0.508 e. The number of phenols is 1. The Labute approximate surface area is 130 Å². The van der Waals surface area contributed by atoms with E-state index in [1.807, 2.05) is 30.5 Å². The Balaban J connectivity index is 2.22. The van der Waals surface area contributed by atoms with Crippen LogP contribution >= 0.6 is 33.9 Å². The topological polar surface area (TPSA) is 40.5 Å². The van der Waals surface area contributed by atoms with Crippen molar-refractivity contribution in [1.82, 2.24) is 4.90 Å². The molecule has 2 rings (SSSR count). The van der Waals surface area contributed by atoms with Gasteiger partial charge in [-0.1, -0.05) is 18.2 Å². The molecule has 0 aliphatic rings. The molecular formula is C14H14INO2S. The van der Waals surface area contributed by atoms with Gasteiger partial charge in [0, 0.05) is 18.0 Å². The zero-order valence-electron chi connectivity index (χ0n) is 10.6. The van der Waals surface area contributed by atoms with Crippen LogP contribution in [0, 0.1) is 2.88 Å². The molecule has 0 saturated heterocycles. The highest BCUT2D eigenvalue weighted by molar-refractivity contribution is 14.1. The maximum absolute atomic E-state index is 12.3. The lowest BCUT2D eigenvalue weighted by atomic mass is 10.1. The van der Waals surface area contributed by atoms with Gasteiger partial charge in [0.2, 0.25) is 0 Å². The fraction of sp³-hybridized carbons (Fsp3) is 0.214. The van der Waals surface area contributed by atoms with Crippen LogP contribution in [0.4, 0.5) is 0 Å². The zero-order valence-corrected chi connectivity index (χ0v) is 13.6. The molecule has 0 spiro atoms. The fourth-order valence-electron chi connectivity index (χ4n) is 1.85. The number of halogens is 1. The van der Waals surface area contributed by atoms with Gasteiger partial charge < -0.3 is 10.0 Å². The number of thiophene rings is 1. The van der Waals surface area contributed by atoms with E-state index in [1.165, 1.54) is 0 Å². The number of hydrogen-bond donors (Lipinski definition) is 1. The minimum atomic E-state index is -0.175. The Morgan fingerprint density at radius 2 is 2.11 bits per heavy atom. The van der Waals surface area contributed by atoms with Crippen molar-refractivity contribution in [3.63, 3.8) is 0 Å². The average Bonchev–Trinajstić information content (AvgIpc) is 2.83. The van der Waals surface area contributed by atoms with Gasteiger partial charge >= 0.3 is 0 Å². The predicted octanol–water partition coefficient (Wildman–Crippen LogP) is 3.89. The van der Waals surface area contributed by atoms with Gasteiger partial charge in [-0.2, -0.15) is 0 Å². The number of phenolic OH excluding ortho intramolecular Hbond substituents is 1. The highest BCUT2D eigenvalue weighted by Crippen LogP contribution is 2.28. The van der Waals surface area contributed by atoms with Gasteiger partial charge in [-0.3, -0.25) is 4.79 Å². The van der Waals surface area contributed by atoms with Gasteiger partial charge in [0.05, 0.1) is 14.5 Å². The van der Waals surface area contributed by atoms with Crippen LogP contribution in [0.5, 0.6) is 5.75 Å². The quantitative estimate of drug-likeness (QED) is 0.812. The molecule has 0 bridgehead atoms. The van der Waals surface area contributed by atoms with Gasteiger partial charge in [0.15, 0.2) is 0 Å². The molecule has 0 radical (unpaired) electrons. The molecule has 1 aromatic carbocycles. The van der Waals surface area contributed by atoms with Gasteiger partial charge in [-0.05, 0) is 41.6 Å². The van der Waals surface area contributed by atoms with Gasteiger partial charge in [0.25, 0.3) is 5.91 Å². The van der Waals surface area contributed by atoms with Gasteiger partial charge in [0.1, 0.15) is 5.75 Å². The normalized spacial score (nSPS) is 12.2. The molecule has 19 heavy (non-hydrogen) atoms. The van der Waals surface area contributed by atoms with Crippen LogP contribution in [0.3, 0.4) is 0 Å². The maximum Gasteiger partial charge on any atom is 0.254 e. The van der Waals surface area contributed by atoms with Crippen molar-refractivity contribution in [2.45, 2.75) is 13.0 Å². The summed E-state index contributed by atoms with van der Waals surface area (Å²) < 4.78 is 1.09. The average molecular weight is 387 g/mol. The van der Waals surface area contributed by atoms with Crippen LogP contribution in [-0.4, -0.2) is 23.0 Å². The summed E-state index contributed by atoms with van der Waals surface area (Å²) >= 11 is 3.75. The third-order valence-electron chi connectivity index (χ3n) is 3.10. The van der Waals surface area contributed by atoms with E-state index in [4.69, 9.17) is 0 Å². The molecule has 1 heterocycles. The van der Waals surface area contributed by atoms with Crippen molar-refractivity contribution < 1.29 is 9.90 Å². The van der Waals surface area contributed by atoms with Crippen LogP contribution in [-0.2, 0) is 0 Å². The van der Waals surface area contributed by atoms with E-state index in [1.54, 1.807) is 35.4 Å². The van der Waals surface area contributed by atoms with E-state index in [0.717, 1.165) is 8.45 Å². The summed E-state index contributed by atoms with van der Waals surface area (Å²) in [5.41, 5.74) is 1.45. The number of para-hydroxylation sites is 1. The standard InChI is InChI=1S/C14H14INO2S/c1-9(11-5-3-4-6-12(11)17)16(2)14(18)10-7-13(15)19-8-10/h3-9,17H,1-2H3. The monoisotopic (exact) mass is 387 g/mol. The van der Waals surface area contributed by atoms with E-state index >= 15 is 0 Å². The number of hydrogen-bond acceptors (Lipinski definition) is 3. The summed E-state index contributed by atoms with van der Waals surface area (Å²) in [6, 6.07) is 8.80. The molecule has 1 N–H and O–H groups in total. The highest BCUT2D eigenvalue weighted by atomic mass is 127. The summed E-state index contributed by atoms with van der Waals surface area (Å²) in [6.45, 7) is 1.91. The molecule has 100 valence electrons. The molecule has 1 atom stereocenters. The third-order valence-corrected chi connectivity index (χ3v) is 4.89. The van der Waals surface area contributed by atoms with Crippen molar-refractivity contribution >= 4 is 39.8 Å². The molecule has 0 saturated carbocycles. The Kier molecular flexibility index (Phi) is 4.46. The fourth-order valence-corrected chi connectivity index (χ4v) is 3.17. The zero-order chi connectivity index (χ0) is 14.0. The van der Waals surface area contributed by atoms with Crippen LogP contribution in [0.15, 0.2) is 35.7 Å². The van der Waals surface area contributed by atoms with E-state index in [-0.39, 0.29) is 17.7 Å². The second kappa shape index (κ2) is 5.92. The second-order valence-electron chi connectivity index (χ2n) is 4.29. The number of aromatic hydroxyl groups is 1. The first-order valence-corrected chi connectivity index (χ1v) is 7.75. The molecule has 0 aliphatic heterocycles. The molecular weight excluding hydrogens is 373 g/mol. The van der Waals surface area contributed by atoms with Crippen LogP contribution < -0.4 is 0 Å². The van der Waals surface area contributed by atoms with Gasteiger partial charge in [-0.15, -0.1) is 11.3 Å². The smallest absolute Gasteiger partial charge is 0.254 e. The Hall–Kier alpha value is -1.08. The second-order valence-corrected chi connectivity index (χ2v) is 7.10. The summed E-state index contributed by atoms with van der Waals surface area (Å²) in [4.78, 5) is 14.0. The van der Waals surface area contributed by atoms with Crippen molar-refractivity contribution in [2.24, 2.45) is 0 Å². The lowest BCUT2D eigenvalue weighted by Gasteiger charge is -2.25. The van der Waals surface area contributed by atoms with Crippen molar-refractivity contribution in [1.29, 1.82) is 0 Å². The number of amides is 1. The Morgan fingerprint density at radius 3 is 2.68 bits per heavy atom. The summed E-state index contributed by atoms with van der Waals surface area (Å²) in [5, 5.41) is 11.7. The van der Waals surface area contributed by atoms with E-state index in [9.17, 15) is 9.90 Å².